The minimum absolute atomic E-state index is 0.207. The van der Waals surface area contributed by atoms with Crippen molar-refractivity contribution >= 4 is 27.7 Å². The Labute approximate surface area is 79.1 Å². The van der Waals surface area contributed by atoms with E-state index in [4.69, 9.17) is 0 Å². The molecule has 4 heteroatoms. The van der Waals surface area contributed by atoms with Crippen LogP contribution in [0.2, 0.25) is 0 Å². The van der Waals surface area contributed by atoms with Crippen LogP contribution < -0.4 is 4.90 Å². The molecule has 0 bridgehead atoms. The van der Waals surface area contributed by atoms with Gasteiger partial charge in [-0.25, -0.2) is 4.21 Å². The van der Waals surface area contributed by atoms with Crippen LogP contribution in [0.5, 0.6) is 0 Å². The van der Waals surface area contributed by atoms with Gasteiger partial charge in [0.2, 0.25) is 0 Å². The molecule has 0 atom stereocenters. The molecular formula is C9H7NO2S. The fraction of sp³-hybridized carbons (Fsp3) is 0.111. The molecule has 1 amide bonds. The zero-order valence-electron chi connectivity index (χ0n) is 6.98. The third-order valence-electron chi connectivity index (χ3n) is 2.09. The second-order valence-electron chi connectivity index (χ2n) is 2.79. The Bertz CT molecular complexity index is 435. The van der Waals surface area contributed by atoms with Gasteiger partial charge in [-0.15, -0.1) is 0 Å². The van der Waals surface area contributed by atoms with Gasteiger partial charge in [0.15, 0.2) is 0 Å². The summed E-state index contributed by atoms with van der Waals surface area (Å²) < 4.78 is 10.7. The molecule has 13 heavy (non-hydrogen) atoms. The minimum Gasteiger partial charge on any atom is -0.310 e. The van der Waals surface area contributed by atoms with Crippen LogP contribution in [-0.4, -0.2) is 22.0 Å². The molecule has 2 rings (SSSR count). The molecule has 1 aliphatic heterocycles. The minimum atomic E-state index is -0.207. The van der Waals surface area contributed by atoms with Crippen molar-refractivity contribution in [1.82, 2.24) is 0 Å². The molecule has 3 nitrogen and oxygen atoms in total. The van der Waals surface area contributed by atoms with Crippen molar-refractivity contribution in [3.63, 3.8) is 0 Å². The Morgan fingerprint density at radius 1 is 1.31 bits per heavy atom. The molecule has 1 aliphatic rings. The standard InChI is InChI=1S/C9H7NO2S/c1-10-7-5-3-2-4-6(7)8(13-12)9(10)11/h2-5H,1H3. The number of fused-ring (bicyclic) bond motifs is 1. The first-order valence-electron chi connectivity index (χ1n) is 3.80. The normalized spacial score (nSPS) is 14.7. The highest BCUT2D eigenvalue weighted by atomic mass is 32.1. The van der Waals surface area contributed by atoms with E-state index in [1.54, 1.807) is 13.1 Å². The summed E-state index contributed by atoms with van der Waals surface area (Å²) in [5, 5.41) is 0. The van der Waals surface area contributed by atoms with Crippen LogP contribution in [0.15, 0.2) is 24.3 Å². The molecule has 1 heterocycles. The van der Waals surface area contributed by atoms with Crippen molar-refractivity contribution in [2.24, 2.45) is 0 Å². The molecule has 0 radical (unpaired) electrons. The van der Waals surface area contributed by atoms with Crippen LogP contribution >= 0.6 is 0 Å². The van der Waals surface area contributed by atoms with Crippen molar-refractivity contribution in [3.8, 4) is 0 Å². The fourth-order valence-corrected chi connectivity index (χ4v) is 1.89. The summed E-state index contributed by atoms with van der Waals surface area (Å²) in [4.78, 5) is 13.2. The Balaban J connectivity index is 2.74. The third-order valence-corrected chi connectivity index (χ3v) is 2.65. The topological polar surface area (TPSA) is 37.4 Å². The summed E-state index contributed by atoms with van der Waals surface area (Å²) in [7, 11) is 1.67. The van der Waals surface area contributed by atoms with Crippen LogP contribution in [0.1, 0.15) is 5.56 Å². The Morgan fingerprint density at radius 3 is 2.69 bits per heavy atom. The lowest BCUT2D eigenvalue weighted by Gasteiger charge is -2.07. The number of para-hydroxylation sites is 1. The van der Waals surface area contributed by atoms with E-state index in [1.165, 1.54) is 4.90 Å². The predicted octanol–water partition coefficient (Wildman–Crippen LogP) is 0.396. The van der Waals surface area contributed by atoms with Crippen LogP contribution in [0.25, 0.3) is 0 Å². The number of benzene rings is 1. The monoisotopic (exact) mass is 193 g/mol. The van der Waals surface area contributed by atoms with E-state index in [9.17, 15) is 9.00 Å². The summed E-state index contributed by atoms with van der Waals surface area (Å²) in [5.74, 6) is -0.207. The number of likely N-dealkylation sites (N-methyl/N-ethyl adjacent to an activating group) is 1. The third kappa shape index (κ3) is 1.02. The summed E-state index contributed by atoms with van der Waals surface area (Å²) in [6.45, 7) is 0. The molecular weight excluding hydrogens is 186 g/mol. The van der Waals surface area contributed by atoms with Crippen LogP contribution in [-0.2, 0) is 16.1 Å². The quantitative estimate of drug-likeness (QED) is 0.559. The first kappa shape index (κ1) is 8.19. The van der Waals surface area contributed by atoms with Gasteiger partial charge in [0.1, 0.15) is 16.1 Å². The maximum atomic E-state index is 11.5. The summed E-state index contributed by atoms with van der Waals surface area (Å²) >= 11 is 0.262. The molecule has 0 unspecified atom stereocenters. The summed E-state index contributed by atoms with van der Waals surface area (Å²) in [6.07, 6.45) is 0. The van der Waals surface area contributed by atoms with Gasteiger partial charge in [-0.05, 0) is 6.07 Å². The molecule has 0 saturated heterocycles. The van der Waals surface area contributed by atoms with Crippen LogP contribution in [0.4, 0.5) is 5.69 Å². The summed E-state index contributed by atoms with van der Waals surface area (Å²) in [5.41, 5.74) is 1.56. The van der Waals surface area contributed by atoms with Gasteiger partial charge < -0.3 is 4.90 Å². The first-order valence-corrected chi connectivity index (χ1v) is 4.54. The van der Waals surface area contributed by atoms with Crippen LogP contribution in [0.3, 0.4) is 0 Å². The number of rotatable bonds is 0. The number of amides is 1. The van der Waals surface area contributed by atoms with Crippen molar-refractivity contribution in [3.05, 3.63) is 29.8 Å². The molecule has 0 saturated carbocycles. The van der Waals surface area contributed by atoms with Gasteiger partial charge in [-0.3, -0.25) is 4.79 Å². The Kier molecular flexibility index (Phi) is 1.77. The molecule has 66 valence electrons. The van der Waals surface area contributed by atoms with Crippen molar-refractivity contribution in [2.45, 2.75) is 0 Å². The zero-order chi connectivity index (χ0) is 9.42. The molecule has 1 aromatic carbocycles. The highest BCUT2D eigenvalue weighted by molar-refractivity contribution is 7.69. The van der Waals surface area contributed by atoms with E-state index in [0.717, 1.165) is 11.3 Å². The molecule has 0 fully saturated rings. The lowest BCUT2D eigenvalue weighted by Crippen LogP contribution is -2.25. The number of hydrogen-bond acceptors (Lipinski definition) is 2. The first-order chi connectivity index (χ1) is 6.25. The van der Waals surface area contributed by atoms with E-state index in [0.29, 0.717) is 0 Å². The fourth-order valence-electron chi connectivity index (χ4n) is 1.42. The van der Waals surface area contributed by atoms with E-state index in [2.05, 4.69) is 0 Å². The number of carbonyl (C=O) groups excluding carboxylic acids is 1. The van der Waals surface area contributed by atoms with Gasteiger partial charge in [0.25, 0.3) is 5.91 Å². The number of nitrogens with zero attached hydrogens (tertiary/aromatic N) is 1. The second kappa shape index (κ2) is 2.81. The predicted molar refractivity (Wildman–Crippen MR) is 52.1 cm³/mol. The van der Waals surface area contributed by atoms with Crippen molar-refractivity contribution in [1.29, 1.82) is 0 Å². The smallest absolute Gasteiger partial charge is 0.272 e. The van der Waals surface area contributed by atoms with Gasteiger partial charge in [-0.1, -0.05) is 18.2 Å². The van der Waals surface area contributed by atoms with Gasteiger partial charge >= 0.3 is 0 Å². The zero-order valence-corrected chi connectivity index (χ0v) is 7.80. The van der Waals surface area contributed by atoms with Crippen molar-refractivity contribution < 1.29 is 9.00 Å². The van der Waals surface area contributed by atoms with E-state index in [-0.39, 0.29) is 22.0 Å². The molecule has 0 N–H and O–H groups in total. The number of anilines is 1. The Hall–Kier alpha value is -1.42. The molecule has 1 aromatic rings. The maximum absolute atomic E-state index is 11.5. The second-order valence-corrected chi connectivity index (χ2v) is 3.37. The van der Waals surface area contributed by atoms with Gasteiger partial charge in [0, 0.05) is 12.6 Å². The van der Waals surface area contributed by atoms with Crippen LogP contribution in [0, 0.1) is 0 Å². The lowest BCUT2D eigenvalue weighted by molar-refractivity contribution is -0.111. The van der Waals surface area contributed by atoms with Crippen molar-refractivity contribution in [2.75, 3.05) is 11.9 Å². The highest BCUT2D eigenvalue weighted by Crippen LogP contribution is 2.26. The summed E-state index contributed by atoms with van der Waals surface area (Å²) in [6, 6.07) is 7.29. The number of carbonyl (C=O) groups is 1. The van der Waals surface area contributed by atoms with E-state index >= 15 is 0 Å². The van der Waals surface area contributed by atoms with E-state index in [1.807, 2.05) is 18.2 Å². The highest BCUT2D eigenvalue weighted by Gasteiger charge is 2.30. The molecule has 0 aliphatic carbocycles. The SMILES string of the molecule is CN1C(=O)C(=S=O)c2ccccc21. The average molecular weight is 193 g/mol. The lowest BCUT2D eigenvalue weighted by atomic mass is 10.2. The molecule has 0 spiro atoms. The largest absolute Gasteiger partial charge is 0.310 e. The van der Waals surface area contributed by atoms with Gasteiger partial charge in [0.05, 0.1) is 5.69 Å². The maximum Gasteiger partial charge on any atom is 0.272 e. The average Bonchev–Trinajstić information content (AvgIpc) is 2.41. The van der Waals surface area contributed by atoms with E-state index < -0.39 is 0 Å². The Morgan fingerprint density at radius 2 is 2.00 bits per heavy atom. The number of hydrogen-bond donors (Lipinski definition) is 0. The molecule has 0 aromatic heterocycles. The van der Waals surface area contributed by atoms with Gasteiger partial charge in [-0.2, -0.15) is 0 Å².